The summed E-state index contributed by atoms with van der Waals surface area (Å²) in [7, 11) is 0. The van der Waals surface area contributed by atoms with E-state index in [1.54, 1.807) is 0 Å². The molecule has 2 N–H and O–H groups in total. The maximum absolute atomic E-state index is 11.7. The summed E-state index contributed by atoms with van der Waals surface area (Å²) in [6, 6.07) is 1.86. The van der Waals surface area contributed by atoms with E-state index in [1.807, 2.05) is 6.07 Å². The Bertz CT molecular complexity index is 792. The van der Waals surface area contributed by atoms with E-state index in [0.29, 0.717) is 17.9 Å². The first kappa shape index (κ1) is 19.6. The number of ether oxygens (including phenoxy) is 1. The third kappa shape index (κ3) is 3.33. The van der Waals surface area contributed by atoms with Gasteiger partial charge in [0.1, 0.15) is 5.76 Å². The summed E-state index contributed by atoms with van der Waals surface area (Å²) >= 11 is 0. The van der Waals surface area contributed by atoms with Crippen LogP contribution in [0.4, 0.5) is 0 Å². The number of likely N-dealkylation sites (tertiary alicyclic amines) is 2. The van der Waals surface area contributed by atoms with Crippen molar-refractivity contribution in [1.82, 2.24) is 9.80 Å². The lowest BCUT2D eigenvalue weighted by atomic mass is 9.73. The molecule has 4 aliphatic heterocycles. The summed E-state index contributed by atoms with van der Waals surface area (Å²) < 4.78 is 12.5. The molecule has 2 bridgehead atoms. The molecule has 4 fully saturated rings. The van der Waals surface area contributed by atoms with Crippen LogP contribution in [-0.4, -0.2) is 60.1 Å². The third-order valence-corrected chi connectivity index (χ3v) is 7.65. The molecule has 1 aromatic rings. The van der Waals surface area contributed by atoms with E-state index < -0.39 is 5.91 Å². The second-order valence-corrected chi connectivity index (χ2v) is 10.8. The van der Waals surface area contributed by atoms with E-state index in [1.165, 1.54) is 45.3 Å². The molecule has 160 valence electrons. The molecule has 0 radical (unpaired) electrons. The first-order chi connectivity index (χ1) is 13.7. The number of nitrogens with zero attached hydrogens (tertiary/aromatic N) is 2. The summed E-state index contributed by atoms with van der Waals surface area (Å²) in [5, 5.41) is 0. The highest BCUT2D eigenvalue weighted by molar-refractivity contribution is 5.90. The standard InChI is InChI=1S/C23H35N3O3/c1-22(2,3)20-15(10-19(28-20)21(24)27)11-26-13-17-16(12-25-8-4-5-9-25)18-6-7-23(17,14-26)29-18/h10,16-18H,4-9,11-14H2,1-3H3,(H2,24,27)/t16-,17+,18+,23+/m0/s1. The van der Waals surface area contributed by atoms with Crippen LogP contribution in [0.1, 0.15) is 68.3 Å². The number of rotatable bonds is 5. The average Bonchev–Trinajstić information content (AvgIpc) is 3.40. The fraction of sp³-hybridized carbons (Fsp3) is 0.783. The van der Waals surface area contributed by atoms with Crippen LogP contribution in [0.5, 0.6) is 0 Å². The Labute approximate surface area is 173 Å². The summed E-state index contributed by atoms with van der Waals surface area (Å²) in [6.07, 6.45) is 5.56. The van der Waals surface area contributed by atoms with Crippen molar-refractivity contribution in [3.05, 3.63) is 23.2 Å². The molecule has 29 heavy (non-hydrogen) atoms. The van der Waals surface area contributed by atoms with Crippen LogP contribution in [-0.2, 0) is 16.7 Å². The zero-order valence-electron chi connectivity index (χ0n) is 18.1. The van der Waals surface area contributed by atoms with Gasteiger partial charge in [-0.05, 0) is 44.8 Å². The van der Waals surface area contributed by atoms with Gasteiger partial charge in [0.25, 0.3) is 5.91 Å². The van der Waals surface area contributed by atoms with Crippen LogP contribution in [0.25, 0.3) is 0 Å². The van der Waals surface area contributed by atoms with Crippen molar-refractivity contribution in [2.45, 2.75) is 70.1 Å². The summed E-state index contributed by atoms with van der Waals surface area (Å²) in [4.78, 5) is 16.9. The van der Waals surface area contributed by atoms with Crippen LogP contribution in [0.2, 0.25) is 0 Å². The quantitative estimate of drug-likeness (QED) is 0.821. The maximum Gasteiger partial charge on any atom is 0.284 e. The summed E-state index contributed by atoms with van der Waals surface area (Å²) in [5.41, 5.74) is 6.47. The van der Waals surface area contributed by atoms with Gasteiger partial charge in [-0.2, -0.15) is 0 Å². The van der Waals surface area contributed by atoms with Crippen molar-refractivity contribution < 1.29 is 13.9 Å². The Morgan fingerprint density at radius 1 is 1.28 bits per heavy atom. The Morgan fingerprint density at radius 3 is 2.72 bits per heavy atom. The van der Waals surface area contributed by atoms with E-state index in [-0.39, 0.29) is 16.8 Å². The highest BCUT2D eigenvalue weighted by Crippen LogP contribution is 2.55. The SMILES string of the molecule is CC(C)(C)c1oc(C(N)=O)cc1CN1C[C@@H]2[C@H](CN3CCCC3)[C@H]3CC[C@]2(C1)O3. The summed E-state index contributed by atoms with van der Waals surface area (Å²) in [5.74, 6) is 1.94. The molecule has 5 heterocycles. The Hall–Kier alpha value is -1.37. The first-order valence-electron chi connectivity index (χ1n) is 11.3. The molecular weight excluding hydrogens is 366 g/mol. The van der Waals surface area contributed by atoms with E-state index in [2.05, 4.69) is 30.6 Å². The van der Waals surface area contributed by atoms with Gasteiger partial charge in [0.2, 0.25) is 0 Å². The highest BCUT2D eigenvalue weighted by Gasteiger charge is 2.62. The topological polar surface area (TPSA) is 71.9 Å². The van der Waals surface area contributed by atoms with E-state index in [9.17, 15) is 4.79 Å². The molecule has 4 atom stereocenters. The monoisotopic (exact) mass is 401 g/mol. The normalized spacial score (nSPS) is 34.9. The van der Waals surface area contributed by atoms with Gasteiger partial charge in [0, 0.05) is 49.0 Å². The Morgan fingerprint density at radius 2 is 2.03 bits per heavy atom. The van der Waals surface area contributed by atoms with E-state index >= 15 is 0 Å². The fourth-order valence-electron chi connectivity index (χ4n) is 6.46. The van der Waals surface area contributed by atoms with Gasteiger partial charge in [-0.3, -0.25) is 9.69 Å². The molecule has 0 aliphatic carbocycles. The minimum atomic E-state index is -0.494. The van der Waals surface area contributed by atoms with Gasteiger partial charge in [0.05, 0.1) is 11.7 Å². The van der Waals surface area contributed by atoms with Crippen molar-refractivity contribution in [2.24, 2.45) is 17.6 Å². The molecule has 6 heteroatoms. The molecule has 6 nitrogen and oxygen atoms in total. The van der Waals surface area contributed by atoms with Crippen molar-refractivity contribution >= 4 is 5.91 Å². The zero-order valence-corrected chi connectivity index (χ0v) is 18.1. The van der Waals surface area contributed by atoms with E-state index in [0.717, 1.165) is 31.0 Å². The van der Waals surface area contributed by atoms with Crippen LogP contribution in [0.3, 0.4) is 0 Å². The second kappa shape index (κ2) is 6.82. The number of amides is 1. The largest absolute Gasteiger partial charge is 0.455 e. The molecule has 1 aromatic heterocycles. The molecule has 4 aliphatic rings. The van der Waals surface area contributed by atoms with Crippen molar-refractivity contribution in [1.29, 1.82) is 0 Å². The molecule has 1 spiro atoms. The van der Waals surface area contributed by atoms with E-state index in [4.69, 9.17) is 14.9 Å². The number of nitrogens with two attached hydrogens (primary N) is 1. The maximum atomic E-state index is 11.7. The fourth-order valence-corrected chi connectivity index (χ4v) is 6.46. The molecule has 1 amide bonds. The summed E-state index contributed by atoms with van der Waals surface area (Å²) in [6.45, 7) is 12.9. The van der Waals surface area contributed by atoms with Crippen molar-refractivity contribution in [3.63, 3.8) is 0 Å². The van der Waals surface area contributed by atoms with Crippen molar-refractivity contribution in [3.8, 4) is 0 Å². The second-order valence-electron chi connectivity index (χ2n) is 10.8. The number of fused-ring (bicyclic) bond motifs is 1. The minimum absolute atomic E-state index is 0.0488. The van der Waals surface area contributed by atoms with Gasteiger partial charge in [0.15, 0.2) is 5.76 Å². The molecule has 0 unspecified atom stereocenters. The molecule has 0 aromatic carbocycles. The molecule has 5 rings (SSSR count). The number of carbonyl (C=O) groups is 1. The van der Waals surface area contributed by atoms with Crippen LogP contribution in [0, 0.1) is 11.8 Å². The van der Waals surface area contributed by atoms with Gasteiger partial charge in [-0.15, -0.1) is 0 Å². The van der Waals surface area contributed by atoms with Gasteiger partial charge in [-0.25, -0.2) is 0 Å². The minimum Gasteiger partial charge on any atom is -0.455 e. The third-order valence-electron chi connectivity index (χ3n) is 7.65. The lowest BCUT2D eigenvalue weighted by molar-refractivity contribution is 0.00120. The van der Waals surface area contributed by atoms with Crippen LogP contribution >= 0.6 is 0 Å². The van der Waals surface area contributed by atoms with Crippen LogP contribution < -0.4 is 5.73 Å². The van der Waals surface area contributed by atoms with Crippen LogP contribution in [0.15, 0.2) is 10.5 Å². The molecular formula is C23H35N3O3. The van der Waals surface area contributed by atoms with Gasteiger partial charge in [-0.1, -0.05) is 20.8 Å². The number of hydrogen-bond donors (Lipinski definition) is 1. The number of primary amides is 1. The number of hydrogen-bond acceptors (Lipinski definition) is 5. The Kier molecular flexibility index (Phi) is 4.61. The molecule has 4 saturated heterocycles. The molecule has 0 saturated carbocycles. The van der Waals surface area contributed by atoms with Gasteiger partial charge >= 0.3 is 0 Å². The average molecular weight is 402 g/mol. The zero-order chi connectivity index (χ0) is 20.4. The van der Waals surface area contributed by atoms with Gasteiger partial charge < -0.3 is 19.8 Å². The smallest absolute Gasteiger partial charge is 0.284 e. The predicted octanol–water partition coefficient (Wildman–Crippen LogP) is 2.75. The Balaban J connectivity index is 1.34. The number of furan rings is 1. The number of carbonyl (C=O) groups excluding carboxylic acids is 1. The predicted molar refractivity (Wildman–Crippen MR) is 111 cm³/mol. The first-order valence-corrected chi connectivity index (χ1v) is 11.3. The lowest BCUT2D eigenvalue weighted by Crippen LogP contribution is -2.41. The highest BCUT2D eigenvalue weighted by atomic mass is 16.5. The lowest BCUT2D eigenvalue weighted by Gasteiger charge is -2.32. The van der Waals surface area contributed by atoms with Crippen molar-refractivity contribution in [2.75, 3.05) is 32.7 Å².